The third-order valence-electron chi connectivity index (χ3n) is 21.1. The highest BCUT2D eigenvalue weighted by atomic mass is 16.3. The fourth-order valence-electron chi connectivity index (χ4n) is 15.4. The Hall–Kier alpha value is -6.00. The second-order valence-electron chi connectivity index (χ2n) is 30.7. The molecule has 0 spiro atoms. The van der Waals surface area contributed by atoms with Crippen LogP contribution in [0.1, 0.15) is 212 Å². The standard InChI is InChI=1S/C74H85BN2O/c1-42-33-52-56(72(13,14)31-27-68(52,5)6)40-60(42)77-61-41-57-55(71(11,12)30-32-73(57,15)16)38-58(61)75-65-62(77)36-48-45-21-19-20-22-63(45)78-66(48)64(65)49-34-46-47-35-53-54(70(9,10)29-28-69(53,7)8)37-50(47)74(17,18)51(46)39-59(49)76-44-25-23-43(24-26-44)67(2,3)4/h19-26,33-41,75-76H,27-32H2,1-18H3. The van der Waals surface area contributed by atoms with Crippen LogP contribution in [0.25, 0.3) is 44.2 Å². The lowest BCUT2D eigenvalue weighted by Gasteiger charge is -2.45. The number of anilines is 5. The van der Waals surface area contributed by atoms with Crippen molar-refractivity contribution in [2.24, 2.45) is 0 Å². The summed E-state index contributed by atoms with van der Waals surface area (Å²) in [6.45, 7) is 43.9. The molecule has 0 radical (unpaired) electrons. The van der Waals surface area contributed by atoms with E-state index in [1.165, 1.54) is 138 Å². The SMILES string of the molecule is Cc1cc2c(cc1N1c3cc4c(cc3Bc3c1cc1c(oc5ccccc51)c3-c1cc3c(cc1Nc1ccc(C(C)(C)C)cc1)C(C)(C)c1cc5c(cc1-3)C(C)(C)CCC5(C)C)C(C)(C)CCC4(C)C)C(C)(C)CCC2(C)C. The van der Waals surface area contributed by atoms with Crippen molar-refractivity contribution in [3.63, 3.8) is 0 Å². The molecule has 0 atom stereocenters. The van der Waals surface area contributed by atoms with Crippen LogP contribution >= 0.6 is 0 Å². The number of hydrogen-bond donors (Lipinski definition) is 1. The first-order chi connectivity index (χ1) is 36.4. The largest absolute Gasteiger partial charge is 0.455 e. The smallest absolute Gasteiger partial charge is 0.198 e. The Bertz CT molecular complexity index is 3850. The van der Waals surface area contributed by atoms with Gasteiger partial charge in [-0.25, -0.2) is 0 Å². The van der Waals surface area contributed by atoms with Gasteiger partial charge in [-0.1, -0.05) is 172 Å². The highest BCUT2D eigenvalue weighted by Gasteiger charge is 2.46. The molecule has 0 fully saturated rings. The molecule has 0 bridgehead atoms. The Morgan fingerprint density at radius 2 is 0.974 bits per heavy atom. The van der Waals surface area contributed by atoms with Crippen LogP contribution in [-0.2, 0) is 43.3 Å². The lowest BCUT2D eigenvalue weighted by atomic mass is 9.55. The zero-order chi connectivity index (χ0) is 55.4. The van der Waals surface area contributed by atoms with E-state index in [1.54, 1.807) is 0 Å². The quantitative estimate of drug-likeness (QED) is 0.178. The van der Waals surface area contributed by atoms with Gasteiger partial charge in [0, 0.05) is 55.8 Å². The Kier molecular flexibility index (Phi) is 10.8. The molecule has 2 heterocycles. The lowest BCUT2D eigenvalue weighted by Crippen LogP contribution is -2.44. The van der Waals surface area contributed by atoms with Gasteiger partial charge in [-0.2, -0.15) is 0 Å². The summed E-state index contributed by atoms with van der Waals surface area (Å²) in [4.78, 5) is 2.73. The topological polar surface area (TPSA) is 28.4 Å². The highest BCUT2D eigenvalue weighted by molar-refractivity contribution is 6.74. The minimum absolute atomic E-state index is 0.0385. The van der Waals surface area contributed by atoms with Crippen LogP contribution in [0.3, 0.4) is 0 Å². The molecular formula is C74H85BN2O. The molecule has 78 heavy (non-hydrogen) atoms. The van der Waals surface area contributed by atoms with E-state index in [1.807, 2.05) is 0 Å². The number of rotatable bonds is 4. The predicted octanol–water partition coefficient (Wildman–Crippen LogP) is 19.1. The van der Waals surface area contributed by atoms with Gasteiger partial charge in [0.2, 0.25) is 0 Å². The molecule has 0 saturated heterocycles. The van der Waals surface area contributed by atoms with Gasteiger partial charge in [-0.3, -0.25) is 0 Å². The van der Waals surface area contributed by atoms with Crippen LogP contribution in [-0.4, -0.2) is 7.28 Å². The number of benzene rings is 7. The van der Waals surface area contributed by atoms with Crippen LogP contribution in [0.2, 0.25) is 0 Å². The molecule has 4 aliphatic carbocycles. The average Bonchev–Trinajstić information content (AvgIpc) is 3.43. The fraction of sp³-hybridized carbons (Fsp3) is 0.432. The van der Waals surface area contributed by atoms with E-state index < -0.39 is 0 Å². The number of fused-ring (bicyclic) bond motifs is 11. The van der Waals surface area contributed by atoms with Crippen LogP contribution in [0, 0.1) is 6.92 Å². The molecule has 0 saturated carbocycles. The Labute approximate surface area is 468 Å². The van der Waals surface area contributed by atoms with Crippen LogP contribution in [0.15, 0.2) is 108 Å². The van der Waals surface area contributed by atoms with E-state index in [2.05, 4.69) is 238 Å². The van der Waals surface area contributed by atoms with Crippen LogP contribution in [0.4, 0.5) is 28.4 Å². The van der Waals surface area contributed by atoms with Gasteiger partial charge in [0.05, 0.1) is 0 Å². The van der Waals surface area contributed by atoms with Gasteiger partial charge in [0.15, 0.2) is 7.28 Å². The molecule has 0 unspecified atom stereocenters. The van der Waals surface area contributed by atoms with Crippen molar-refractivity contribution < 1.29 is 4.42 Å². The zero-order valence-corrected chi connectivity index (χ0v) is 50.6. The second kappa shape index (κ2) is 16.3. The van der Waals surface area contributed by atoms with Gasteiger partial charge in [0.25, 0.3) is 0 Å². The van der Waals surface area contributed by atoms with Gasteiger partial charge < -0.3 is 14.6 Å². The minimum atomic E-state index is -0.227. The highest BCUT2D eigenvalue weighted by Crippen LogP contribution is 2.58. The molecule has 1 aromatic heterocycles. The normalized spacial score (nSPS) is 20.2. The molecule has 3 nitrogen and oxygen atoms in total. The van der Waals surface area contributed by atoms with Gasteiger partial charge in [-0.05, 0) is 210 Å². The minimum Gasteiger partial charge on any atom is -0.455 e. The number of para-hydroxylation sites is 1. The molecule has 5 aliphatic rings. The zero-order valence-electron chi connectivity index (χ0n) is 50.6. The Morgan fingerprint density at radius 1 is 0.474 bits per heavy atom. The number of nitrogens with zero attached hydrogens (tertiary/aromatic N) is 1. The molecule has 13 rings (SSSR count). The monoisotopic (exact) mass is 1030 g/mol. The first-order valence-electron chi connectivity index (χ1n) is 29.8. The molecule has 7 aromatic carbocycles. The van der Waals surface area contributed by atoms with Crippen molar-refractivity contribution in [3.05, 3.63) is 159 Å². The summed E-state index contributed by atoms with van der Waals surface area (Å²) in [6, 6.07) is 41.4. The molecule has 8 aromatic rings. The van der Waals surface area contributed by atoms with Crippen molar-refractivity contribution in [2.45, 2.75) is 206 Å². The maximum absolute atomic E-state index is 7.40. The van der Waals surface area contributed by atoms with Crippen molar-refractivity contribution in [1.29, 1.82) is 0 Å². The van der Waals surface area contributed by atoms with Gasteiger partial charge in [0.1, 0.15) is 11.2 Å². The summed E-state index contributed by atoms with van der Waals surface area (Å²) in [7, 11) is 0.783. The molecule has 0 amide bonds. The van der Waals surface area contributed by atoms with E-state index in [4.69, 9.17) is 4.42 Å². The molecule has 400 valence electrons. The van der Waals surface area contributed by atoms with Gasteiger partial charge >= 0.3 is 0 Å². The summed E-state index contributed by atoms with van der Waals surface area (Å²) < 4.78 is 7.40. The summed E-state index contributed by atoms with van der Waals surface area (Å²) in [5.41, 5.74) is 30.4. The molecule has 1 N–H and O–H groups in total. The summed E-state index contributed by atoms with van der Waals surface area (Å²) >= 11 is 0. The van der Waals surface area contributed by atoms with Gasteiger partial charge in [-0.15, -0.1) is 0 Å². The van der Waals surface area contributed by atoms with Crippen LogP contribution in [0.5, 0.6) is 0 Å². The fourth-order valence-corrected chi connectivity index (χ4v) is 15.4. The van der Waals surface area contributed by atoms with E-state index in [0.717, 1.165) is 47.0 Å². The summed E-state index contributed by atoms with van der Waals surface area (Å²) in [5.74, 6) is 0. The second-order valence-corrected chi connectivity index (χ2v) is 30.7. The summed E-state index contributed by atoms with van der Waals surface area (Å²) in [5, 5.41) is 6.46. The van der Waals surface area contributed by atoms with Crippen molar-refractivity contribution in [2.75, 3.05) is 10.2 Å². The van der Waals surface area contributed by atoms with Crippen molar-refractivity contribution in [1.82, 2.24) is 0 Å². The van der Waals surface area contributed by atoms with E-state index >= 15 is 0 Å². The van der Waals surface area contributed by atoms with E-state index in [9.17, 15) is 0 Å². The first-order valence-corrected chi connectivity index (χ1v) is 29.8. The third-order valence-corrected chi connectivity index (χ3v) is 21.1. The first kappa shape index (κ1) is 51.4. The molecular weight excluding hydrogens is 944 g/mol. The lowest BCUT2D eigenvalue weighted by molar-refractivity contribution is 0.331. The number of nitrogens with one attached hydrogen (secondary N) is 1. The van der Waals surface area contributed by atoms with E-state index in [-0.39, 0.29) is 43.3 Å². The number of aryl methyl sites for hydroxylation is 1. The average molecular weight is 1030 g/mol. The molecule has 4 heteroatoms. The molecule has 1 aliphatic heterocycles. The number of hydrogen-bond acceptors (Lipinski definition) is 3. The maximum atomic E-state index is 7.40. The predicted molar refractivity (Wildman–Crippen MR) is 337 cm³/mol. The Balaban J connectivity index is 1.15. The number of furan rings is 1. The van der Waals surface area contributed by atoms with Crippen molar-refractivity contribution in [3.8, 4) is 22.3 Å². The van der Waals surface area contributed by atoms with E-state index in [0.29, 0.717) is 0 Å². The van der Waals surface area contributed by atoms with Crippen molar-refractivity contribution >= 4 is 68.6 Å². The Morgan fingerprint density at radius 3 is 1.56 bits per heavy atom. The van der Waals surface area contributed by atoms with Crippen LogP contribution < -0.4 is 21.1 Å². The maximum Gasteiger partial charge on any atom is 0.198 e. The summed E-state index contributed by atoms with van der Waals surface area (Å²) in [6.07, 6.45) is 7.06. The third kappa shape index (κ3) is 7.56.